The standard InChI is InChI=1S/C23H28N2O5/c1-15-7-5-6-8-18(15)24-22(26)14-25-10-9-16-11-20(28-2)21(29-3)12-17(16)19(25)13-23(27)30-4/h5-8,11-12,19H,9-10,13-14H2,1-4H3,(H,24,26)/p+1/t19-/m1/s1. The van der Waals surface area contributed by atoms with Gasteiger partial charge in [0.2, 0.25) is 0 Å². The molecule has 1 aliphatic heterocycles. The average molecular weight is 413 g/mol. The van der Waals surface area contributed by atoms with E-state index in [2.05, 4.69) is 5.32 Å². The number of fused-ring (bicyclic) bond motifs is 1. The quantitative estimate of drug-likeness (QED) is 0.676. The van der Waals surface area contributed by atoms with Crippen LogP contribution in [0.3, 0.4) is 0 Å². The first-order chi connectivity index (χ1) is 14.5. The van der Waals surface area contributed by atoms with E-state index in [1.807, 2.05) is 43.3 Å². The van der Waals surface area contributed by atoms with Crippen molar-refractivity contribution in [3.63, 3.8) is 0 Å². The van der Waals surface area contributed by atoms with Gasteiger partial charge in [-0.15, -0.1) is 0 Å². The van der Waals surface area contributed by atoms with Gasteiger partial charge >= 0.3 is 5.97 Å². The van der Waals surface area contributed by atoms with Crippen molar-refractivity contribution in [2.45, 2.75) is 25.8 Å². The molecule has 2 aromatic rings. The maximum Gasteiger partial charge on any atom is 0.311 e. The number of para-hydroxylation sites is 1. The largest absolute Gasteiger partial charge is 0.493 e. The number of hydrogen-bond donors (Lipinski definition) is 2. The van der Waals surface area contributed by atoms with E-state index >= 15 is 0 Å². The van der Waals surface area contributed by atoms with Gasteiger partial charge < -0.3 is 24.4 Å². The second-order valence-corrected chi connectivity index (χ2v) is 7.44. The Balaban J connectivity index is 1.86. The number of aryl methyl sites for hydroxylation is 1. The summed E-state index contributed by atoms with van der Waals surface area (Å²) in [5.74, 6) is 0.878. The summed E-state index contributed by atoms with van der Waals surface area (Å²) in [5.41, 5.74) is 3.90. The van der Waals surface area contributed by atoms with Crippen molar-refractivity contribution >= 4 is 17.6 Å². The van der Waals surface area contributed by atoms with Crippen LogP contribution in [0.5, 0.6) is 11.5 Å². The number of carbonyl (C=O) groups is 2. The van der Waals surface area contributed by atoms with E-state index in [9.17, 15) is 9.59 Å². The lowest BCUT2D eigenvalue weighted by atomic mass is 9.90. The van der Waals surface area contributed by atoms with E-state index in [0.29, 0.717) is 11.5 Å². The lowest BCUT2D eigenvalue weighted by molar-refractivity contribution is -0.925. The number of carbonyl (C=O) groups excluding carboxylic acids is 2. The van der Waals surface area contributed by atoms with Crippen molar-refractivity contribution in [2.24, 2.45) is 0 Å². The minimum atomic E-state index is -0.306. The predicted octanol–water partition coefficient (Wildman–Crippen LogP) is 1.70. The van der Waals surface area contributed by atoms with Gasteiger partial charge in [0.15, 0.2) is 18.0 Å². The van der Waals surface area contributed by atoms with Crippen LogP contribution in [0.25, 0.3) is 0 Å². The topological polar surface area (TPSA) is 78.3 Å². The van der Waals surface area contributed by atoms with Gasteiger partial charge in [0.05, 0.1) is 27.9 Å². The highest BCUT2D eigenvalue weighted by molar-refractivity contribution is 5.92. The molecule has 1 aliphatic rings. The van der Waals surface area contributed by atoms with Crippen molar-refractivity contribution in [3.05, 3.63) is 53.1 Å². The molecule has 0 aromatic heterocycles. The van der Waals surface area contributed by atoms with Crippen LogP contribution >= 0.6 is 0 Å². The molecule has 1 amide bonds. The highest BCUT2D eigenvalue weighted by Gasteiger charge is 2.35. The summed E-state index contributed by atoms with van der Waals surface area (Å²) in [4.78, 5) is 25.9. The number of rotatable bonds is 7. The number of nitrogens with one attached hydrogen (secondary N) is 2. The molecule has 30 heavy (non-hydrogen) atoms. The van der Waals surface area contributed by atoms with Crippen LogP contribution in [-0.2, 0) is 20.7 Å². The van der Waals surface area contributed by atoms with Crippen LogP contribution in [0, 0.1) is 6.92 Å². The molecule has 1 heterocycles. The fraction of sp³-hybridized carbons (Fsp3) is 0.391. The minimum absolute atomic E-state index is 0.0851. The summed E-state index contributed by atoms with van der Waals surface area (Å²) in [7, 11) is 4.57. The second-order valence-electron chi connectivity index (χ2n) is 7.44. The summed E-state index contributed by atoms with van der Waals surface area (Å²) >= 11 is 0. The van der Waals surface area contributed by atoms with E-state index in [1.54, 1.807) is 14.2 Å². The number of esters is 1. The maximum absolute atomic E-state index is 12.8. The molecular formula is C23H29N2O5+. The highest BCUT2D eigenvalue weighted by atomic mass is 16.5. The normalized spacial score (nSPS) is 17.6. The Morgan fingerprint density at radius 1 is 1.10 bits per heavy atom. The molecule has 0 aliphatic carbocycles. The van der Waals surface area contributed by atoms with Crippen LogP contribution < -0.4 is 19.7 Å². The van der Waals surface area contributed by atoms with Crippen molar-refractivity contribution in [2.75, 3.05) is 39.7 Å². The van der Waals surface area contributed by atoms with Crippen molar-refractivity contribution in [1.29, 1.82) is 0 Å². The third kappa shape index (κ3) is 4.74. The van der Waals surface area contributed by atoms with Gasteiger partial charge in [-0.3, -0.25) is 9.59 Å². The number of methoxy groups -OCH3 is 3. The minimum Gasteiger partial charge on any atom is -0.493 e. The molecule has 0 saturated carbocycles. The average Bonchev–Trinajstić information content (AvgIpc) is 2.75. The first kappa shape index (κ1) is 21.6. The number of ether oxygens (including phenoxy) is 3. The zero-order chi connectivity index (χ0) is 21.7. The molecule has 7 nitrogen and oxygen atoms in total. The summed E-state index contributed by atoms with van der Waals surface area (Å²) in [5, 5.41) is 2.99. The van der Waals surface area contributed by atoms with E-state index < -0.39 is 0 Å². The fourth-order valence-corrected chi connectivity index (χ4v) is 4.00. The van der Waals surface area contributed by atoms with E-state index in [0.717, 1.165) is 40.2 Å². The van der Waals surface area contributed by atoms with Crippen molar-refractivity contribution < 1.29 is 28.7 Å². The summed E-state index contributed by atoms with van der Waals surface area (Å²) in [6.07, 6.45) is 0.965. The number of hydrogen-bond acceptors (Lipinski definition) is 5. The first-order valence-corrected chi connectivity index (χ1v) is 9.98. The molecule has 2 aromatic carbocycles. The van der Waals surface area contributed by atoms with Crippen LogP contribution in [0.2, 0.25) is 0 Å². The lowest BCUT2D eigenvalue weighted by Gasteiger charge is -2.34. The predicted molar refractivity (Wildman–Crippen MR) is 113 cm³/mol. The summed E-state index contributed by atoms with van der Waals surface area (Å²) < 4.78 is 15.8. The second kappa shape index (κ2) is 9.63. The number of anilines is 1. The number of amides is 1. The van der Waals surface area contributed by atoms with Crippen LogP contribution in [-0.4, -0.2) is 46.3 Å². The third-order valence-corrected chi connectivity index (χ3v) is 5.63. The molecule has 3 rings (SSSR count). The smallest absolute Gasteiger partial charge is 0.311 e. The van der Waals surface area contributed by atoms with E-state index in [1.165, 1.54) is 7.11 Å². The maximum atomic E-state index is 12.8. The Hall–Kier alpha value is -3.06. The zero-order valence-corrected chi connectivity index (χ0v) is 17.9. The molecule has 0 radical (unpaired) electrons. The van der Waals surface area contributed by atoms with Gasteiger partial charge in [-0.2, -0.15) is 0 Å². The Morgan fingerprint density at radius 2 is 1.80 bits per heavy atom. The molecule has 7 heteroatoms. The van der Waals surface area contributed by atoms with Crippen LogP contribution in [0.1, 0.15) is 29.2 Å². The third-order valence-electron chi connectivity index (χ3n) is 5.63. The summed E-state index contributed by atoms with van der Waals surface area (Å²) in [6, 6.07) is 11.3. The molecule has 0 spiro atoms. The highest BCUT2D eigenvalue weighted by Crippen LogP contribution is 2.35. The van der Waals surface area contributed by atoms with E-state index in [4.69, 9.17) is 14.2 Å². The van der Waals surface area contributed by atoms with Gasteiger partial charge in [-0.1, -0.05) is 18.2 Å². The molecule has 2 atom stereocenters. The van der Waals surface area contributed by atoms with Crippen LogP contribution in [0.4, 0.5) is 5.69 Å². The zero-order valence-electron chi connectivity index (χ0n) is 17.9. The Morgan fingerprint density at radius 3 is 2.47 bits per heavy atom. The van der Waals surface area contributed by atoms with Gasteiger partial charge in [-0.05, 0) is 36.2 Å². The van der Waals surface area contributed by atoms with Crippen LogP contribution in [0.15, 0.2) is 36.4 Å². The number of quaternary nitrogens is 1. The Bertz CT molecular complexity index is 928. The molecule has 2 N–H and O–H groups in total. The molecule has 160 valence electrons. The number of benzene rings is 2. The van der Waals surface area contributed by atoms with Gasteiger partial charge in [0.25, 0.3) is 5.91 Å². The molecule has 0 saturated heterocycles. The Kier molecular flexibility index (Phi) is 6.95. The first-order valence-electron chi connectivity index (χ1n) is 9.98. The van der Waals surface area contributed by atoms with E-state index in [-0.39, 0.29) is 30.9 Å². The van der Waals surface area contributed by atoms with Gasteiger partial charge in [-0.25, -0.2) is 0 Å². The monoisotopic (exact) mass is 413 g/mol. The van der Waals surface area contributed by atoms with Gasteiger partial charge in [0.1, 0.15) is 12.5 Å². The van der Waals surface area contributed by atoms with Crippen molar-refractivity contribution in [1.82, 2.24) is 0 Å². The molecule has 1 unspecified atom stereocenters. The SMILES string of the molecule is COC(=O)C[C@@H]1c2cc(OC)c(OC)cc2CC[NH+]1CC(=O)Nc1ccccc1C. The Labute approximate surface area is 176 Å². The molecule has 0 bridgehead atoms. The molecular weight excluding hydrogens is 384 g/mol. The van der Waals surface area contributed by atoms with Gasteiger partial charge in [0, 0.05) is 17.7 Å². The summed E-state index contributed by atoms with van der Waals surface area (Å²) in [6.45, 7) is 2.94. The lowest BCUT2D eigenvalue weighted by Crippen LogP contribution is -3.14. The van der Waals surface area contributed by atoms with Crippen molar-refractivity contribution in [3.8, 4) is 11.5 Å². The molecule has 0 fully saturated rings. The fourth-order valence-electron chi connectivity index (χ4n) is 4.00.